The fourth-order valence-electron chi connectivity index (χ4n) is 2.84. The van der Waals surface area contributed by atoms with Gasteiger partial charge in [0.15, 0.2) is 0 Å². The predicted molar refractivity (Wildman–Crippen MR) is 111 cm³/mol. The maximum Gasteiger partial charge on any atom is 0.0569 e. The number of anilines is 2. The number of aromatic nitrogens is 1. The van der Waals surface area contributed by atoms with Crippen molar-refractivity contribution < 1.29 is 0 Å². The van der Waals surface area contributed by atoms with Crippen molar-refractivity contribution in [3.8, 4) is 0 Å². The van der Waals surface area contributed by atoms with Gasteiger partial charge in [0.2, 0.25) is 0 Å². The number of fused-ring (bicyclic) bond motifs is 1. The van der Waals surface area contributed by atoms with E-state index in [2.05, 4.69) is 73.0 Å². The topological polar surface area (TPSA) is 28.2 Å². The minimum atomic E-state index is 0.326. The third kappa shape index (κ3) is 5.63. The number of hydrogen-bond donors (Lipinski definition) is 1. The second-order valence-corrected chi connectivity index (χ2v) is 6.10. The lowest BCUT2D eigenvalue weighted by Crippen LogP contribution is -2.37. The number of allylic oxidation sites excluding steroid dienone is 1. The van der Waals surface area contributed by atoms with Crippen LogP contribution in [0, 0.1) is 6.92 Å². The van der Waals surface area contributed by atoms with Gasteiger partial charge >= 0.3 is 0 Å². The van der Waals surface area contributed by atoms with Crippen molar-refractivity contribution in [2.45, 2.75) is 53.1 Å². The van der Waals surface area contributed by atoms with Crippen LogP contribution in [0.5, 0.6) is 0 Å². The van der Waals surface area contributed by atoms with E-state index in [1.807, 2.05) is 33.2 Å². The van der Waals surface area contributed by atoms with Crippen molar-refractivity contribution in [2.75, 3.05) is 17.3 Å². The van der Waals surface area contributed by atoms with E-state index < -0.39 is 0 Å². The molecule has 0 bridgehead atoms. The first-order chi connectivity index (χ1) is 12.1. The summed E-state index contributed by atoms with van der Waals surface area (Å²) in [4.78, 5) is 6.63. The number of rotatable bonds is 2. The number of benzene rings is 1. The quantitative estimate of drug-likeness (QED) is 0.681. The van der Waals surface area contributed by atoms with Crippen LogP contribution in [-0.2, 0) is 0 Å². The Kier molecular flexibility index (Phi) is 8.76. The van der Waals surface area contributed by atoms with Crippen LogP contribution in [0.4, 0.5) is 11.4 Å². The van der Waals surface area contributed by atoms with Gasteiger partial charge in [-0.15, -0.1) is 6.58 Å². The maximum atomic E-state index is 4.30. The fourth-order valence-corrected chi connectivity index (χ4v) is 2.84. The molecule has 1 aromatic heterocycles. The van der Waals surface area contributed by atoms with Crippen molar-refractivity contribution in [1.29, 1.82) is 0 Å². The van der Waals surface area contributed by atoms with Crippen LogP contribution in [-0.4, -0.2) is 18.1 Å². The van der Waals surface area contributed by atoms with Crippen LogP contribution in [0.15, 0.2) is 55.4 Å². The third-order valence-corrected chi connectivity index (χ3v) is 4.21. The first kappa shape index (κ1) is 20.8. The summed E-state index contributed by atoms with van der Waals surface area (Å²) >= 11 is 0. The highest BCUT2D eigenvalue weighted by atomic mass is 15.2. The zero-order valence-corrected chi connectivity index (χ0v) is 16.6. The summed E-state index contributed by atoms with van der Waals surface area (Å²) in [7, 11) is 2.16. The summed E-state index contributed by atoms with van der Waals surface area (Å²) < 4.78 is 0. The Morgan fingerprint density at radius 2 is 1.80 bits per heavy atom. The lowest BCUT2D eigenvalue weighted by atomic mass is 9.93. The van der Waals surface area contributed by atoms with Gasteiger partial charge in [0, 0.05) is 42.4 Å². The zero-order chi connectivity index (χ0) is 18.8. The molecule has 2 aromatic rings. The Hall–Kier alpha value is -2.29. The highest BCUT2D eigenvalue weighted by molar-refractivity contribution is 5.59. The molecule has 1 aromatic carbocycles. The molecule has 0 radical (unpaired) electrons. The summed E-state index contributed by atoms with van der Waals surface area (Å²) in [5, 5.41) is 3.65. The van der Waals surface area contributed by atoms with Crippen molar-refractivity contribution in [1.82, 2.24) is 4.98 Å². The monoisotopic (exact) mass is 339 g/mol. The van der Waals surface area contributed by atoms with Gasteiger partial charge in [-0.25, -0.2) is 0 Å². The molecular weight excluding hydrogens is 306 g/mol. The summed E-state index contributed by atoms with van der Waals surface area (Å²) in [6.45, 7) is 13.6. The summed E-state index contributed by atoms with van der Waals surface area (Å²) in [6, 6.07) is 11.5. The van der Waals surface area contributed by atoms with Crippen LogP contribution in [0.25, 0.3) is 0 Å². The molecule has 0 saturated heterocycles. The minimum Gasteiger partial charge on any atom is -0.378 e. The predicted octanol–water partition coefficient (Wildman–Crippen LogP) is 5.99. The lowest BCUT2D eigenvalue weighted by molar-refractivity contribution is 0.539. The van der Waals surface area contributed by atoms with E-state index >= 15 is 0 Å². The van der Waals surface area contributed by atoms with E-state index in [4.69, 9.17) is 0 Å². The molecule has 1 aliphatic heterocycles. The summed E-state index contributed by atoms with van der Waals surface area (Å²) in [6.07, 6.45) is 6.70. The first-order valence-electron chi connectivity index (χ1n) is 9.13. The Balaban J connectivity index is 0.000000567. The lowest BCUT2D eigenvalue weighted by Gasteiger charge is -2.38. The average molecular weight is 340 g/mol. The molecule has 1 N–H and O–H groups in total. The van der Waals surface area contributed by atoms with Gasteiger partial charge in [-0.05, 0) is 45.4 Å². The first-order valence-corrected chi connectivity index (χ1v) is 9.13. The third-order valence-electron chi connectivity index (χ3n) is 4.21. The second-order valence-electron chi connectivity index (χ2n) is 6.10. The van der Waals surface area contributed by atoms with Crippen molar-refractivity contribution in [3.05, 3.63) is 66.5 Å². The molecule has 1 aliphatic rings. The summed E-state index contributed by atoms with van der Waals surface area (Å²) in [5.41, 5.74) is 5.03. The normalized spacial score (nSPS) is 17.9. The minimum absolute atomic E-state index is 0.326. The number of aryl methyl sites for hydroxylation is 1. The van der Waals surface area contributed by atoms with Gasteiger partial charge in [0.05, 0.1) is 6.04 Å². The van der Waals surface area contributed by atoms with Gasteiger partial charge in [-0.1, -0.05) is 37.6 Å². The number of pyridine rings is 1. The van der Waals surface area contributed by atoms with Crippen molar-refractivity contribution in [2.24, 2.45) is 0 Å². The van der Waals surface area contributed by atoms with E-state index in [1.54, 1.807) is 6.08 Å². The average Bonchev–Trinajstić information content (AvgIpc) is 2.64. The molecule has 136 valence electrons. The SMILES string of the molecule is C=CC.CC.Cc1ccc(NC2CC(C)N(C)c3ccncc32)cc1. The number of nitrogens with zero attached hydrogens (tertiary/aromatic N) is 2. The zero-order valence-electron chi connectivity index (χ0n) is 16.6. The standard InChI is InChI=1S/C17H21N3.C3H6.C2H6/c1-12-4-6-14(7-5-12)19-16-10-13(2)20(3)17-8-9-18-11-15(16)17;1-3-2;1-2/h4-9,11,13,16,19H,10H2,1-3H3;3H,1H2,2H3;1-2H3. The van der Waals surface area contributed by atoms with E-state index in [1.165, 1.54) is 22.5 Å². The molecule has 3 nitrogen and oxygen atoms in total. The van der Waals surface area contributed by atoms with Crippen LogP contribution in [0.3, 0.4) is 0 Å². The summed E-state index contributed by atoms with van der Waals surface area (Å²) in [5.74, 6) is 0. The van der Waals surface area contributed by atoms with Gasteiger partial charge in [0.25, 0.3) is 0 Å². The van der Waals surface area contributed by atoms with Crippen LogP contribution in [0.1, 0.15) is 51.3 Å². The second kappa shape index (κ2) is 10.5. The molecule has 0 fully saturated rings. The van der Waals surface area contributed by atoms with Crippen LogP contribution in [0.2, 0.25) is 0 Å². The fraction of sp³-hybridized carbons (Fsp3) is 0.409. The van der Waals surface area contributed by atoms with Gasteiger partial charge in [0.1, 0.15) is 0 Å². The van der Waals surface area contributed by atoms with Crippen LogP contribution >= 0.6 is 0 Å². The largest absolute Gasteiger partial charge is 0.378 e. The van der Waals surface area contributed by atoms with Gasteiger partial charge in [-0.2, -0.15) is 0 Å². The maximum absolute atomic E-state index is 4.30. The van der Waals surface area contributed by atoms with Gasteiger partial charge < -0.3 is 10.2 Å². The van der Waals surface area contributed by atoms with Crippen molar-refractivity contribution >= 4 is 11.4 Å². The van der Waals surface area contributed by atoms with E-state index in [0.29, 0.717) is 12.1 Å². The van der Waals surface area contributed by atoms with Crippen LogP contribution < -0.4 is 10.2 Å². The molecule has 2 atom stereocenters. The molecule has 0 spiro atoms. The number of nitrogens with one attached hydrogen (secondary N) is 1. The molecule has 25 heavy (non-hydrogen) atoms. The number of hydrogen-bond acceptors (Lipinski definition) is 3. The molecule has 0 aliphatic carbocycles. The van der Waals surface area contributed by atoms with E-state index in [0.717, 1.165) is 6.42 Å². The van der Waals surface area contributed by atoms with E-state index in [-0.39, 0.29) is 0 Å². The Morgan fingerprint density at radius 3 is 2.40 bits per heavy atom. The Bertz CT molecular complexity index is 634. The van der Waals surface area contributed by atoms with E-state index in [9.17, 15) is 0 Å². The molecule has 3 rings (SSSR count). The van der Waals surface area contributed by atoms with Crippen molar-refractivity contribution in [3.63, 3.8) is 0 Å². The molecular formula is C22H33N3. The Labute approximate surface area is 153 Å². The Morgan fingerprint density at radius 1 is 1.20 bits per heavy atom. The molecule has 3 heteroatoms. The smallest absolute Gasteiger partial charge is 0.0569 e. The highest BCUT2D eigenvalue weighted by Crippen LogP contribution is 2.37. The van der Waals surface area contributed by atoms with Gasteiger partial charge in [-0.3, -0.25) is 4.98 Å². The molecule has 2 unspecified atom stereocenters. The molecule has 0 amide bonds. The molecule has 2 heterocycles. The highest BCUT2D eigenvalue weighted by Gasteiger charge is 2.27. The molecule has 0 saturated carbocycles.